The lowest BCUT2D eigenvalue weighted by Crippen LogP contribution is -2.61. The van der Waals surface area contributed by atoms with Crippen molar-refractivity contribution in [3.63, 3.8) is 0 Å². The van der Waals surface area contributed by atoms with Crippen molar-refractivity contribution in [1.82, 2.24) is 9.80 Å². The molecule has 1 rings (SSSR count). The first kappa shape index (κ1) is 15.8. The van der Waals surface area contributed by atoms with E-state index in [-0.39, 0.29) is 17.3 Å². The van der Waals surface area contributed by atoms with Crippen molar-refractivity contribution in [2.45, 2.75) is 39.7 Å². The zero-order valence-corrected chi connectivity index (χ0v) is 12.7. The van der Waals surface area contributed by atoms with Crippen LogP contribution in [0, 0.1) is 11.3 Å². The Bertz CT molecular complexity index is 376. The summed E-state index contributed by atoms with van der Waals surface area (Å²) in [5.41, 5.74) is -0.248. The largest absolute Gasteiger partial charge is 0.328 e. The highest BCUT2D eigenvalue weighted by Gasteiger charge is 2.36. The average molecular weight is 266 g/mol. The fourth-order valence-electron chi connectivity index (χ4n) is 2.27. The van der Waals surface area contributed by atoms with Gasteiger partial charge in [-0.1, -0.05) is 13.8 Å². The highest BCUT2D eigenvalue weighted by atomic mass is 16.2. The molecule has 1 aliphatic heterocycles. The van der Waals surface area contributed by atoms with Crippen molar-refractivity contribution in [2.24, 2.45) is 10.9 Å². The number of aliphatic imine (C=N–C) groups is 1. The number of nitrogens with one attached hydrogen (secondary N) is 1. The minimum atomic E-state index is -0.266. The van der Waals surface area contributed by atoms with E-state index >= 15 is 0 Å². The van der Waals surface area contributed by atoms with Crippen LogP contribution in [0.3, 0.4) is 0 Å². The molecule has 1 aliphatic rings. The predicted molar refractivity (Wildman–Crippen MR) is 79.0 cm³/mol. The van der Waals surface area contributed by atoms with E-state index in [1.165, 1.54) is 0 Å². The van der Waals surface area contributed by atoms with Crippen LogP contribution >= 0.6 is 0 Å². The van der Waals surface area contributed by atoms with Crippen LogP contribution in [0.1, 0.15) is 34.1 Å². The van der Waals surface area contributed by atoms with E-state index < -0.39 is 0 Å². The average Bonchev–Trinajstić information content (AvgIpc) is 2.33. The Morgan fingerprint density at radius 2 is 2.11 bits per heavy atom. The van der Waals surface area contributed by atoms with E-state index in [2.05, 4.69) is 23.9 Å². The third kappa shape index (κ3) is 4.13. The number of hydrogen-bond acceptors (Lipinski definition) is 3. The van der Waals surface area contributed by atoms with Gasteiger partial charge in [0.1, 0.15) is 0 Å². The summed E-state index contributed by atoms with van der Waals surface area (Å²) < 4.78 is 0. The second-order valence-corrected chi connectivity index (χ2v) is 6.02. The van der Waals surface area contributed by atoms with E-state index in [0.717, 1.165) is 19.5 Å². The zero-order chi connectivity index (χ0) is 14.6. The molecule has 108 valence electrons. The number of nitrogens with zero attached hydrogens (tertiary/aromatic N) is 3. The number of carbonyl (C=O) groups excluding carboxylic acids is 1. The molecule has 1 N–H and O–H groups in total. The van der Waals surface area contributed by atoms with Crippen LogP contribution in [0.2, 0.25) is 0 Å². The minimum Gasteiger partial charge on any atom is -0.328 e. The standard InChI is InChI=1S/C14H26N4O/c1-6-11(2)9-16-12(15)13(19)18-8-7-17(5)10-14(18,3)4/h9,11,15H,6-8,10H2,1-5H3. The van der Waals surface area contributed by atoms with Crippen LogP contribution in [-0.2, 0) is 4.79 Å². The van der Waals surface area contributed by atoms with Gasteiger partial charge in [-0.2, -0.15) is 0 Å². The number of piperazine rings is 1. The summed E-state index contributed by atoms with van der Waals surface area (Å²) in [6.45, 7) is 10.5. The third-order valence-corrected chi connectivity index (χ3v) is 3.64. The third-order valence-electron chi connectivity index (χ3n) is 3.64. The van der Waals surface area contributed by atoms with Crippen LogP contribution in [0.15, 0.2) is 4.99 Å². The fourth-order valence-corrected chi connectivity index (χ4v) is 2.27. The Hall–Kier alpha value is -1.23. The molecule has 1 unspecified atom stereocenters. The Balaban J connectivity index is 2.72. The highest BCUT2D eigenvalue weighted by Crippen LogP contribution is 2.20. The second kappa shape index (κ2) is 6.28. The van der Waals surface area contributed by atoms with E-state index in [0.29, 0.717) is 12.5 Å². The number of amides is 1. The lowest BCUT2D eigenvalue weighted by Gasteiger charge is -2.45. The molecule has 0 aliphatic carbocycles. The van der Waals surface area contributed by atoms with Crippen molar-refractivity contribution in [3.8, 4) is 0 Å². The second-order valence-electron chi connectivity index (χ2n) is 6.02. The zero-order valence-electron chi connectivity index (χ0n) is 12.7. The van der Waals surface area contributed by atoms with Crippen LogP contribution in [0.5, 0.6) is 0 Å². The van der Waals surface area contributed by atoms with Gasteiger partial charge in [0.25, 0.3) is 5.91 Å². The molecule has 1 atom stereocenters. The maximum absolute atomic E-state index is 12.3. The van der Waals surface area contributed by atoms with Crippen molar-refractivity contribution in [2.75, 3.05) is 26.7 Å². The number of carbonyl (C=O) groups is 1. The molecule has 19 heavy (non-hydrogen) atoms. The van der Waals surface area contributed by atoms with Crippen LogP contribution in [-0.4, -0.2) is 60.0 Å². The van der Waals surface area contributed by atoms with Crippen LogP contribution < -0.4 is 0 Å². The first-order valence-corrected chi connectivity index (χ1v) is 6.91. The normalized spacial score (nSPS) is 21.6. The number of rotatable bonds is 2. The Labute approximate surface area is 116 Å². The molecule has 1 fully saturated rings. The summed E-state index contributed by atoms with van der Waals surface area (Å²) >= 11 is 0. The Kier molecular flexibility index (Phi) is 5.23. The van der Waals surface area contributed by atoms with Gasteiger partial charge in [0.2, 0.25) is 5.84 Å². The molecule has 0 aromatic carbocycles. The summed E-state index contributed by atoms with van der Waals surface area (Å²) in [7, 11) is 2.05. The summed E-state index contributed by atoms with van der Waals surface area (Å²) in [5.74, 6) is -0.121. The van der Waals surface area contributed by atoms with E-state index in [1.54, 1.807) is 11.1 Å². The van der Waals surface area contributed by atoms with Gasteiger partial charge in [0.05, 0.1) is 5.54 Å². The number of hydrogen-bond donors (Lipinski definition) is 1. The van der Waals surface area contributed by atoms with Crippen molar-refractivity contribution in [3.05, 3.63) is 0 Å². The van der Waals surface area contributed by atoms with Crippen molar-refractivity contribution >= 4 is 18.0 Å². The molecule has 0 aromatic heterocycles. The number of amidine groups is 1. The highest BCUT2D eigenvalue weighted by molar-refractivity contribution is 6.38. The molecule has 1 saturated heterocycles. The molecular formula is C14H26N4O. The summed E-state index contributed by atoms with van der Waals surface area (Å²) in [6, 6.07) is 0. The SMILES string of the molecule is CCC(C)C=NC(=N)C(=O)N1CCN(C)CC1(C)C. The van der Waals surface area contributed by atoms with Gasteiger partial charge >= 0.3 is 0 Å². The Morgan fingerprint density at radius 1 is 1.47 bits per heavy atom. The van der Waals surface area contributed by atoms with Crippen molar-refractivity contribution in [1.29, 1.82) is 5.41 Å². The first-order valence-electron chi connectivity index (χ1n) is 6.91. The Morgan fingerprint density at radius 3 is 2.63 bits per heavy atom. The first-order chi connectivity index (χ1) is 8.77. The van der Waals surface area contributed by atoms with E-state index in [4.69, 9.17) is 5.41 Å². The quantitative estimate of drug-likeness (QED) is 0.610. The van der Waals surface area contributed by atoms with Crippen LogP contribution in [0.25, 0.3) is 0 Å². The van der Waals surface area contributed by atoms with Gasteiger partial charge < -0.3 is 9.80 Å². The molecule has 0 saturated carbocycles. The van der Waals surface area contributed by atoms with Gasteiger partial charge in [-0.25, -0.2) is 4.99 Å². The predicted octanol–water partition coefficient (Wildman–Crippen LogP) is 1.63. The molecule has 1 heterocycles. The van der Waals surface area contributed by atoms with Crippen molar-refractivity contribution < 1.29 is 4.79 Å². The van der Waals surface area contributed by atoms with Gasteiger partial charge in [-0.15, -0.1) is 0 Å². The minimum absolute atomic E-state index is 0.155. The lowest BCUT2D eigenvalue weighted by molar-refractivity contribution is -0.132. The maximum Gasteiger partial charge on any atom is 0.291 e. The summed E-state index contributed by atoms with van der Waals surface area (Å²) in [6.07, 6.45) is 2.66. The topological polar surface area (TPSA) is 59.8 Å². The maximum atomic E-state index is 12.3. The van der Waals surface area contributed by atoms with E-state index in [1.807, 2.05) is 20.8 Å². The van der Waals surface area contributed by atoms with Gasteiger partial charge in [-0.3, -0.25) is 10.2 Å². The molecule has 5 heteroatoms. The smallest absolute Gasteiger partial charge is 0.291 e. The monoisotopic (exact) mass is 266 g/mol. The molecule has 0 bridgehead atoms. The van der Waals surface area contributed by atoms with Gasteiger partial charge in [-0.05, 0) is 33.2 Å². The molecule has 0 aromatic rings. The molecule has 5 nitrogen and oxygen atoms in total. The molecule has 0 radical (unpaired) electrons. The fraction of sp³-hybridized carbons (Fsp3) is 0.786. The summed E-state index contributed by atoms with van der Waals surface area (Å²) in [5, 5.41) is 7.82. The molecule has 1 amide bonds. The molecule has 0 spiro atoms. The van der Waals surface area contributed by atoms with Crippen LogP contribution in [0.4, 0.5) is 0 Å². The van der Waals surface area contributed by atoms with Gasteiger partial charge in [0, 0.05) is 25.8 Å². The summed E-state index contributed by atoms with van der Waals surface area (Å²) in [4.78, 5) is 20.3. The van der Waals surface area contributed by atoms with E-state index in [9.17, 15) is 4.79 Å². The number of likely N-dealkylation sites (N-methyl/N-ethyl adjacent to an activating group) is 1. The lowest BCUT2D eigenvalue weighted by atomic mass is 9.99. The van der Waals surface area contributed by atoms with Gasteiger partial charge in [0.15, 0.2) is 0 Å². The molecular weight excluding hydrogens is 240 g/mol.